The summed E-state index contributed by atoms with van der Waals surface area (Å²) in [6, 6.07) is 10.1. The first-order valence-corrected chi connectivity index (χ1v) is 8.19. The summed E-state index contributed by atoms with van der Waals surface area (Å²) in [5, 5.41) is 0. The van der Waals surface area contributed by atoms with Crippen LogP contribution < -0.4 is 10.5 Å². The zero-order valence-electron chi connectivity index (χ0n) is 14.5. The summed E-state index contributed by atoms with van der Waals surface area (Å²) in [5.74, 6) is 0.374. The molecule has 27 heavy (non-hydrogen) atoms. The summed E-state index contributed by atoms with van der Waals surface area (Å²) in [6.45, 7) is 1.80. The molecule has 0 radical (unpaired) electrons. The third-order valence-electron chi connectivity index (χ3n) is 3.91. The quantitative estimate of drug-likeness (QED) is 0.708. The number of ether oxygens (including phenoxy) is 1. The van der Waals surface area contributed by atoms with Crippen molar-refractivity contribution in [2.75, 3.05) is 0 Å². The van der Waals surface area contributed by atoms with Gasteiger partial charge in [-0.3, -0.25) is 14.8 Å². The molecule has 3 rings (SSSR count). The number of carbonyl (C=O) groups is 1. The highest BCUT2D eigenvalue weighted by Crippen LogP contribution is 2.27. The summed E-state index contributed by atoms with van der Waals surface area (Å²) < 4.78 is 30.8. The molecule has 0 bridgehead atoms. The van der Waals surface area contributed by atoms with Crippen molar-refractivity contribution in [1.82, 2.24) is 9.97 Å². The molecule has 1 aromatic carbocycles. The highest BCUT2D eigenvalue weighted by Gasteiger charge is 2.10. The molecule has 7 heteroatoms. The highest BCUT2D eigenvalue weighted by molar-refractivity contribution is 5.94. The lowest BCUT2D eigenvalue weighted by atomic mass is 10.0. The predicted octanol–water partition coefficient (Wildman–Crippen LogP) is 4.15. The standard InChI is InChI=1S/C20H17F2N3O2/c1-12-6-14(2-3-17(12)20(23)26)18-9-15(4-5-25-18)27-16-7-13(8-19(21)22)10-24-11-16/h2-7,9-11,19H,8H2,1H3,(H2,23,26). The Bertz CT molecular complexity index is 977. The first-order valence-electron chi connectivity index (χ1n) is 8.19. The number of carbonyl (C=O) groups excluding carboxylic acids is 1. The lowest BCUT2D eigenvalue weighted by Gasteiger charge is -2.09. The number of nitrogens with two attached hydrogens (primary N) is 1. The zero-order valence-corrected chi connectivity index (χ0v) is 14.5. The van der Waals surface area contributed by atoms with Gasteiger partial charge in [0.05, 0.1) is 11.9 Å². The van der Waals surface area contributed by atoms with E-state index in [1.165, 1.54) is 18.5 Å². The molecule has 0 aliphatic heterocycles. The van der Waals surface area contributed by atoms with E-state index in [4.69, 9.17) is 10.5 Å². The molecule has 2 N–H and O–H groups in total. The number of hydrogen-bond acceptors (Lipinski definition) is 4. The van der Waals surface area contributed by atoms with Gasteiger partial charge in [0.2, 0.25) is 12.3 Å². The van der Waals surface area contributed by atoms with Gasteiger partial charge in [-0.05, 0) is 42.3 Å². The Morgan fingerprint density at radius 2 is 1.96 bits per heavy atom. The lowest BCUT2D eigenvalue weighted by molar-refractivity contribution is 0.0999. The van der Waals surface area contributed by atoms with E-state index in [9.17, 15) is 13.6 Å². The molecule has 5 nitrogen and oxygen atoms in total. The largest absolute Gasteiger partial charge is 0.456 e. The van der Waals surface area contributed by atoms with Crippen molar-refractivity contribution in [3.63, 3.8) is 0 Å². The van der Waals surface area contributed by atoms with Gasteiger partial charge in [0.25, 0.3) is 0 Å². The summed E-state index contributed by atoms with van der Waals surface area (Å²) in [7, 11) is 0. The Balaban J connectivity index is 1.84. The van der Waals surface area contributed by atoms with Crippen LogP contribution in [0.2, 0.25) is 0 Å². The SMILES string of the molecule is Cc1cc(-c2cc(Oc3cncc(CC(F)F)c3)ccn2)ccc1C(N)=O. The zero-order chi connectivity index (χ0) is 19.4. The Hall–Kier alpha value is -3.35. The van der Waals surface area contributed by atoms with Gasteiger partial charge in [0.15, 0.2) is 0 Å². The molecule has 0 fully saturated rings. The second kappa shape index (κ2) is 7.90. The van der Waals surface area contributed by atoms with Gasteiger partial charge in [0.1, 0.15) is 11.5 Å². The summed E-state index contributed by atoms with van der Waals surface area (Å²) in [4.78, 5) is 19.6. The number of aromatic nitrogens is 2. The van der Waals surface area contributed by atoms with Gasteiger partial charge in [-0.15, -0.1) is 0 Å². The fourth-order valence-electron chi connectivity index (χ4n) is 2.68. The number of pyridine rings is 2. The van der Waals surface area contributed by atoms with E-state index < -0.39 is 12.3 Å². The van der Waals surface area contributed by atoms with Crippen molar-refractivity contribution < 1.29 is 18.3 Å². The third-order valence-corrected chi connectivity index (χ3v) is 3.91. The van der Waals surface area contributed by atoms with E-state index in [0.717, 1.165) is 11.1 Å². The van der Waals surface area contributed by atoms with Crippen molar-refractivity contribution >= 4 is 5.91 Å². The van der Waals surface area contributed by atoms with Crippen LogP contribution in [0, 0.1) is 6.92 Å². The molecule has 1 amide bonds. The molecule has 0 atom stereocenters. The maximum absolute atomic E-state index is 12.5. The second-order valence-electron chi connectivity index (χ2n) is 6.00. The van der Waals surface area contributed by atoms with Gasteiger partial charge >= 0.3 is 0 Å². The van der Waals surface area contributed by atoms with E-state index >= 15 is 0 Å². The maximum Gasteiger partial charge on any atom is 0.248 e. The van der Waals surface area contributed by atoms with Crippen molar-refractivity contribution in [3.05, 3.63) is 71.7 Å². The average Bonchev–Trinajstić information content (AvgIpc) is 2.61. The number of nitrogens with zero attached hydrogens (tertiary/aromatic N) is 2. The first kappa shape index (κ1) is 18.4. The van der Waals surface area contributed by atoms with Crippen LogP contribution in [-0.2, 0) is 6.42 Å². The Morgan fingerprint density at radius 3 is 2.67 bits per heavy atom. The Morgan fingerprint density at radius 1 is 1.15 bits per heavy atom. The molecule has 138 valence electrons. The van der Waals surface area contributed by atoms with Crippen LogP contribution in [0.4, 0.5) is 8.78 Å². The Kier molecular flexibility index (Phi) is 5.40. The minimum Gasteiger partial charge on any atom is -0.456 e. The normalized spacial score (nSPS) is 10.8. The molecule has 2 aromatic heterocycles. The Labute approximate surface area is 154 Å². The van der Waals surface area contributed by atoms with Gasteiger partial charge in [0, 0.05) is 36.0 Å². The minimum absolute atomic E-state index is 0.366. The van der Waals surface area contributed by atoms with E-state index in [1.807, 2.05) is 6.07 Å². The summed E-state index contributed by atoms with van der Waals surface area (Å²) >= 11 is 0. The molecule has 0 saturated carbocycles. The van der Waals surface area contributed by atoms with Crippen LogP contribution in [0.5, 0.6) is 11.5 Å². The maximum atomic E-state index is 12.5. The number of halogens is 2. The van der Waals surface area contributed by atoms with Gasteiger partial charge in [-0.25, -0.2) is 8.78 Å². The number of primary amides is 1. The number of rotatable bonds is 6. The van der Waals surface area contributed by atoms with Crippen LogP contribution in [0.1, 0.15) is 21.5 Å². The van der Waals surface area contributed by atoms with E-state index in [1.54, 1.807) is 37.4 Å². The molecular formula is C20H17F2N3O2. The van der Waals surface area contributed by atoms with Crippen LogP contribution in [-0.4, -0.2) is 22.3 Å². The number of benzene rings is 1. The fraction of sp³-hybridized carbons (Fsp3) is 0.150. The monoisotopic (exact) mass is 369 g/mol. The molecule has 2 heterocycles. The number of hydrogen-bond donors (Lipinski definition) is 1. The average molecular weight is 369 g/mol. The number of amides is 1. The number of aryl methyl sites for hydroxylation is 1. The fourth-order valence-corrected chi connectivity index (χ4v) is 2.68. The van der Waals surface area contributed by atoms with Gasteiger partial charge in [-0.2, -0.15) is 0 Å². The first-order chi connectivity index (χ1) is 12.9. The van der Waals surface area contributed by atoms with Gasteiger partial charge < -0.3 is 10.5 Å². The van der Waals surface area contributed by atoms with Crippen molar-refractivity contribution in [2.24, 2.45) is 5.73 Å². The third kappa shape index (κ3) is 4.63. The molecule has 0 aliphatic carbocycles. The molecule has 0 aliphatic rings. The van der Waals surface area contributed by atoms with E-state index in [-0.39, 0.29) is 6.42 Å². The molecule has 3 aromatic rings. The van der Waals surface area contributed by atoms with Crippen LogP contribution in [0.3, 0.4) is 0 Å². The van der Waals surface area contributed by atoms with E-state index in [2.05, 4.69) is 9.97 Å². The highest BCUT2D eigenvalue weighted by atomic mass is 19.3. The molecule has 0 spiro atoms. The van der Waals surface area contributed by atoms with Crippen molar-refractivity contribution in [3.8, 4) is 22.8 Å². The summed E-state index contributed by atoms with van der Waals surface area (Å²) in [5.41, 5.74) is 8.37. The second-order valence-corrected chi connectivity index (χ2v) is 6.00. The van der Waals surface area contributed by atoms with E-state index in [0.29, 0.717) is 28.3 Å². The van der Waals surface area contributed by atoms with Crippen LogP contribution in [0.15, 0.2) is 55.0 Å². The topological polar surface area (TPSA) is 78.1 Å². The number of alkyl halides is 2. The lowest BCUT2D eigenvalue weighted by Crippen LogP contribution is -2.12. The van der Waals surface area contributed by atoms with Gasteiger partial charge in [-0.1, -0.05) is 6.07 Å². The van der Waals surface area contributed by atoms with Crippen LogP contribution >= 0.6 is 0 Å². The molecule has 0 unspecified atom stereocenters. The predicted molar refractivity (Wildman–Crippen MR) is 96.9 cm³/mol. The van der Waals surface area contributed by atoms with Crippen molar-refractivity contribution in [2.45, 2.75) is 19.8 Å². The minimum atomic E-state index is -2.44. The summed E-state index contributed by atoms with van der Waals surface area (Å²) in [6.07, 6.45) is 1.61. The smallest absolute Gasteiger partial charge is 0.248 e. The van der Waals surface area contributed by atoms with Crippen LogP contribution in [0.25, 0.3) is 11.3 Å². The molecular weight excluding hydrogens is 352 g/mol. The van der Waals surface area contributed by atoms with Crippen molar-refractivity contribution in [1.29, 1.82) is 0 Å². The molecule has 0 saturated heterocycles.